The van der Waals surface area contributed by atoms with Gasteiger partial charge in [0, 0.05) is 45.1 Å². The van der Waals surface area contributed by atoms with Crippen molar-refractivity contribution in [2.45, 2.75) is 6.54 Å². The number of rotatable bonds is 9. The number of halogens is 1. The summed E-state index contributed by atoms with van der Waals surface area (Å²) >= 11 is 0. The summed E-state index contributed by atoms with van der Waals surface area (Å²) in [5, 5.41) is 14.1. The Hall–Kier alpha value is -3.20. The van der Waals surface area contributed by atoms with E-state index in [1.807, 2.05) is 0 Å². The fourth-order valence-electron chi connectivity index (χ4n) is 2.62. The van der Waals surface area contributed by atoms with Gasteiger partial charge in [-0.25, -0.2) is 4.39 Å². The number of benzene rings is 2. The first kappa shape index (κ1) is 21.1. The molecule has 2 rings (SSSR count). The third-order valence-electron chi connectivity index (χ3n) is 4.05. The summed E-state index contributed by atoms with van der Waals surface area (Å²) in [6.07, 6.45) is 0. The number of nitro groups is 1. The van der Waals surface area contributed by atoms with Crippen molar-refractivity contribution in [3.63, 3.8) is 0 Å². The van der Waals surface area contributed by atoms with Crippen molar-refractivity contribution in [1.82, 2.24) is 4.90 Å². The van der Waals surface area contributed by atoms with Crippen LogP contribution in [0, 0.1) is 15.9 Å². The second-order valence-corrected chi connectivity index (χ2v) is 6.04. The van der Waals surface area contributed by atoms with Crippen LogP contribution in [-0.4, -0.2) is 50.1 Å². The van der Waals surface area contributed by atoms with Crippen molar-refractivity contribution < 1.29 is 23.6 Å². The van der Waals surface area contributed by atoms with Crippen molar-refractivity contribution in [3.05, 3.63) is 63.5 Å². The molecular weight excluding hydrogens is 369 g/mol. The predicted molar refractivity (Wildman–Crippen MR) is 102 cm³/mol. The lowest BCUT2D eigenvalue weighted by Gasteiger charge is -2.20. The van der Waals surface area contributed by atoms with E-state index >= 15 is 0 Å². The first-order valence-electron chi connectivity index (χ1n) is 8.46. The van der Waals surface area contributed by atoms with Gasteiger partial charge < -0.3 is 19.7 Å². The van der Waals surface area contributed by atoms with E-state index in [-0.39, 0.29) is 23.5 Å². The molecule has 150 valence electrons. The lowest BCUT2D eigenvalue weighted by atomic mass is 10.1. The van der Waals surface area contributed by atoms with Crippen LogP contribution in [0.3, 0.4) is 0 Å². The normalized spacial score (nSPS) is 10.4. The molecule has 0 spiro atoms. The molecule has 1 amide bonds. The summed E-state index contributed by atoms with van der Waals surface area (Å²) in [6, 6.07) is 8.45. The number of hydrogen-bond acceptors (Lipinski definition) is 6. The molecule has 0 saturated heterocycles. The highest BCUT2D eigenvalue weighted by atomic mass is 19.1. The highest BCUT2D eigenvalue weighted by molar-refractivity contribution is 6.00. The first-order chi connectivity index (χ1) is 13.4. The number of anilines is 1. The lowest BCUT2D eigenvalue weighted by Crippen LogP contribution is -2.27. The van der Waals surface area contributed by atoms with Gasteiger partial charge in [0.2, 0.25) is 0 Å². The topological polar surface area (TPSA) is 93.9 Å². The van der Waals surface area contributed by atoms with E-state index in [9.17, 15) is 19.3 Å². The molecule has 1 N–H and O–H groups in total. The number of nitrogens with zero attached hydrogens (tertiary/aromatic N) is 2. The molecule has 0 unspecified atom stereocenters. The molecule has 0 saturated carbocycles. The van der Waals surface area contributed by atoms with Crippen LogP contribution in [0.5, 0.6) is 5.75 Å². The molecule has 0 aliphatic carbocycles. The molecule has 8 nitrogen and oxygen atoms in total. The number of non-ortho nitro benzene ring substituents is 1. The Morgan fingerprint density at radius 1 is 1.25 bits per heavy atom. The maximum atomic E-state index is 13.9. The molecule has 0 bridgehead atoms. The highest BCUT2D eigenvalue weighted by Gasteiger charge is 2.20. The summed E-state index contributed by atoms with van der Waals surface area (Å²) < 4.78 is 23.7. The molecule has 0 aliphatic rings. The number of carbonyl (C=O) groups is 1. The second-order valence-electron chi connectivity index (χ2n) is 6.04. The number of hydrogen-bond donors (Lipinski definition) is 1. The minimum Gasteiger partial charge on any atom is -0.494 e. The van der Waals surface area contributed by atoms with Gasteiger partial charge in [0.15, 0.2) is 11.6 Å². The molecule has 2 aromatic rings. The van der Waals surface area contributed by atoms with E-state index in [1.165, 1.54) is 42.3 Å². The summed E-state index contributed by atoms with van der Waals surface area (Å²) in [7, 11) is 4.46. The van der Waals surface area contributed by atoms with Crippen molar-refractivity contribution in [2.75, 3.05) is 39.7 Å². The fourth-order valence-corrected chi connectivity index (χ4v) is 2.62. The number of amides is 1. The largest absolute Gasteiger partial charge is 0.494 e. The lowest BCUT2D eigenvalue weighted by molar-refractivity contribution is -0.384. The smallest absolute Gasteiger partial charge is 0.270 e. The van der Waals surface area contributed by atoms with Crippen molar-refractivity contribution >= 4 is 17.3 Å². The van der Waals surface area contributed by atoms with Gasteiger partial charge in [-0.1, -0.05) is 6.07 Å². The van der Waals surface area contributed by atoms with E-state index in [0.29, 0.717) is 24.4 Å². The Bertz CT molecular complexity index is 859. The zero-order valence-electron chi connectivity index (χ0n) is 15.9. The van der Waals surface area contributed by atoms with Gasteiger partial charge in [0.05, 0.1) is 24.2 Å². The Balaban J connectivity index is 2.25. The van der Waals surface area contributed by atoms with Gasteiger partial charge >= 0.3 is 0 Å². The van der Waals surface area contributed by atoms with Gasteiger partial charge in [-0.05, 0) is 23.8 Å². The fraction of sp³-hybridized carbons (Fsp3) is 0.316. The van der Waals surface area contributed by atoms with E-state index < -0.39 is 16.6 Å². The van der Waals surface area contributed by atoms with Gasteiger partial charge in [0.25, 0.3) is 11.6 Å². The molecule has 28 heavy (non-hydrogen) atoms. The Labute approximate surface area is 162 Å². The monoisotopic (exact) mass is 391 g/mol. The molecule has 0 aliphatic heterocycles. The van der Waals surface area contributed by atoms with Crippen LogP contribution >= 0.6 is 0 Å². The van der Waals surface area contributed by atoms with E-state index in [1.54, 1.807) is 20.2 Å². The van der Waals surface area contributed by atoms with E-state index in [4.69, 9.17) is 9.47 Å². The van der Waals surface area contributed by atoms with E-state index in [2.05, 4.69) is 5.32 Å². The number of nitrogens with one attached hydrogen (secondary N) is 1. The average molecular weight is 391 g/mol. The van der Waals surface area contributed by atoms with Crippen molar-refractivity contribution in [3.8, 4) is 5.75 Å². The maximum absolute atomic E-state index is 13.9. The number of ether oxygens (including phenoxy) is 2. The highest BCUT2D eigenvalue weighted by Crippen LogP contribution is 2.24. The van der Waals surface area contributed by atoms with E-state index in [0.717, 1.165) is 0 Å². The zero-order valence-corrected chi connectivity index (χ0v) is 15.9. The minimum atomic E-state index is -0.561. The van der Waals surface area contributed by atoms with Gasteiger partial charge in [0.1, 0.15) is 0 Å². The Morgan fingerprint density at radius 3 is 2.61 bits per heavy atom. The molecule has 0 atom stereocenters. The Morgan fingerprint density at radius 2 is 2.00 bits per heavy atom. The Kier molecular flexibility index (Phi) is 7.28. The van der Waals surface area contributed by atoms with Crippen LogP contribution in [0.4, 0.5) is 15.8 Å². The molecule has 0 radical (unpaired) electrons. The SMILES string of the molecule is COCCNc1ccc([N+](=O)[O-])cc1C(=O)N(C)Cc1ccc(OC)c(F)c1. The van der Waals surface area contributed by atoms with Crippen molar-refractivity contribution in [2.24, 2.45) is 0 Å². The summed E-state index contributed by atoms with van der Waals surface area (Å²) in [5.74, 6) is -0.848. The predicted octanol–water partition coefficient (Wildman–Crippen LogP) is 3.07. The molecule has 0 heterocycles. The number of methoxy groups -OCH3 is 2. The van der Waals surface area contributed by atoms with Crippen LogP contribution in [0.25, 0.3) is 0 Å². The molecule has 9 heteroatoms. The third-order valence-corrected chi connectivity index (χ3v) is 4.05. The standard InChI is InChI=1S/C19H22FN3O5/c1-22(12-13-4-7-18(28-3)16(20)10-13)19(24)15-11-14(23(25)26)5-6-17(15)21-8-9-27-2/h4-7,10-11,21H,8-9,12H2,1-3H3. The van der Waals surface area contributed by atoms with Crippen LogP contribution < -0.4 is 10.1 Å². The third kappa shape index (κ3) is 5.17. The summed E-state index contributed by atoms with van der Waals surface area (Å²) in [5.41, 5.74) is 0.986. The number of carbonyl (C=O) groups excluding carboxylic acids is 1. The van der Waals surface area contributed by atoms with Gasteiger partial charge in [-0.2, -0.15) is 0 Å². The van der Waals surface area contributed by atoms with Crippen molar-refractivity contribution in [1.29, 1.82) is 0 Å². The molecule has 0 fully saturated rings. The van der Waals surface area contributed by atoms with Gasteiger partial charge in [-0.15, -0.1) is 0 Å². The molecule has 0 aromatic heterocycles. The van der Waals surface area contributed by atoms with Crippen LogP contribution in [0.15, 0.2) is 36.4 Å². The molecular formula is C19H22FN3O5. The average Bonchev–Trinajstić information content (AvgIpc) is 2.67. The van der Waals surface area contributed by atoms with Crippen LogP contribution in [-0.2, 0) is 11.3 Å². The quantitative estimate of drug-likeness (QED) is 0.401. The first-order valence-corrected chi connectivity index (χ1v) is 8.46. The van der Waals surface area contributed by atoms with Crippen LogP contribution in [0.1, 0.15) is 15.9 Å². The van der Waals surface area contributed by atoms with Crippen LogP contribution in [0.2, 0.25) is 0 Å². The second kappa shape index (κ2) is 9.65. The number of nitro benzene ring substituents is 1. The zero-order chi connectivity index (χ0) is 20.7. The summed E-state index contributed by atoms with van der Waals surface area (Å²) in [6.45, 7) is 0.966. The molecule has 2 aromatic carbocycles. The minimum absolute atomic E-state index is 0.112. The maximum Gasteiger partial charge on any atom is 0.270 e. The summed E-state index contributed by atoms with van der Waals surface area (Å²) in [4.78, 5) is 24.8. The van der Waals surface area contributed by atoms with Gasteiger partial charge in [-0.3, -0.25) is 14.9 Å².